The molecule has 178 valence electrons. The zero-order valence-corrected chi connectivity index (χ0v) is 17.1. The van der Waals surface area contributed by atoms with Gasteiger partial charge in [-0.1, -0.05) is 0 Å². The van der Waals surface area contributed by atoms with E-state index in [1.165, 1.54) is 25.3 Å². The quantitative estimate of drug-likeness (QED) is 0.397. The third kappa shape index (κ3) is 6.97. The summed E-state index contributed by atoms with van der Waals surface area (Å²) in [4.78, 5) is 33.1. The summed E-state index contributed by atoms with van der Waals surface area (Å²) in [7, 11) is 1.42. The van der Waals surface area contributed by atoms with E-state index in [2.05, 4.69) is 16.0 Å². The molecule has 2 aliphatic rings. The largest absolute Gasteiger partial charge is 0.497 e. The summed E-state index contributed by atoms with van der Waals surface area (Å²) in [6.07, 6.45) is -3.28. The minimum Gasteiger partial charge on any atom is -0.497 e. The van der Waals surface area contributed by atoms with Crippen molar-refractivity contribution < 1.29 is 46.5 Å². The highest BCUT2D eigenvalue weighted by molar-refractivity contribution is 5.89. The van der Waals surface area contributed by atoms with Crippen molar-refractivity contribution in [3.05, 3.63) is 24.0 Å². The molecule has 1 spiro atoms. The van der Waals surface area contributed by atoms with Crippen LogP contribution in [0.2, 0.25) is 0 Å². The monoisotopic (exact) mass is 465 g/mol. The lowest BCUT2D eigenvalue weighted by Gasteiger charge is -2.29. The topological polar surface area (TPSA) is 126 Å². The molecule has 2 aliphatic heterocycles. The van der Waals surface area contributed by atoms with Crippen LogP contribution in [0.1, 0.15) is 19.3 Å². The van der Waals surface area contributed by atoms with Gasteiger partial charge in [-0.25, -0.2) is 14.0 Å². The van der Waals surface area contributed by atoms with Crippen molar-refractivity contribution in [1.82, 2.24) is 10.6 Å². The van der Waals surface area contributed by atoms with Crippen LogP contribution in [0.4, 0.5) is 28.0 Å². The molecule has 1 unspecified atom stereocenters. The van der Waals surface area contributed by atoms with Gasteiger partial charge in [0.1, 0.15) is 17.7 Å². The fourth-order valence-electron chi connectivity index (χ4n) is 3.40. The number of carboxylic acid groups (broad SMARTS) is 1. The zero-order chi connectivity index (χ0) is 23.9. The molecule has 9 nitrogen and oxygen atoms in total. The second kappa shape index (κ2) is 10.5. The number of esters is 1. The molecule has 3 rings (SSSR count). The molecule has 1 aromatic rings. The Balaban J connectivity index is 0.000000451. The average molecular weight is 465 g/mol. The highest BCUT2D eigenvalue weighted by Gasteiger charge is 2.49. The first-order valence-corrected chi connectivity index (χ1v) is 9.56. The molecule has 32 heavy (non-hydrogen) atoms. The van der Waals surface area contributed by atoms with Crippen molar-refractivity contribution in [3.63, 3.8) is 0 Å². The summed E-state index contributed by atoms with van der Waals surface area (Å²) in [6.45, 7) is 1.83. The van der Waals surface area contributed by atoms with E-state index in [1.807, 2.05) is 0 Å². The molecular weight excluding hydrogens is 442 g/mol. The lowest BCUT2D eigenvalue weighted by atomic mass is 9.76. The predicted octanol–water partition coefficient (Wildman–Crippen LogP) is 2.27. The van der Waals surface area contributed by atoms with Gasteiger partial charge in [-0.2, -0.15) is 13.2 Å². The number of cyclic esters (lactones) is 1. The number of anilines is 1. The van der Waals surface area contributed by atoms with Crippen LogP contribution in [0.15, 0.2) is 18.2 Å². The molecule has 13 heteroatoms. The Kier molecular flexibility index (Phi) is 8.25. The number of rotatable bonds is 4. The number of piperidine rings is 1. The number of urea groups is 1. The number of hydrogen-bond donors (Lipinski definition) is 4. The molecule has 0 radical (unpaired) electrons. The highest BCUT2D eigenvalue weighted by atomic mass is 19.4. The number of ether oxygens (including phenoxy) is 2. The SMILES string of the molecule is COc1cc(F)cc(NC(=O)NCC2CC3(CCNCC3)C(=O)O2)c1.O=C(O)C(F)(F)F. The number of halogens is 4. The van der Waals surface area contributed by atoms with Gasteiger partial charge in [0, 0.05) is 24.2 Å². The van der Waals surface area contributed by atoms with Crippen LogP contribution in [-0.2, 0) is 14.3 Å². The van der Waals surface area contributed by atoms with Crippen LogP contribution in [0.25, 0.3) is 0 Å². The minimum absolute atomic E-state index is 0.170. The van der Waals surface area contributed by atoms with E-state index in [4.69, 9.17) is 19.4 Å². The van der Waals surface area contributed by atoms with Gasteiger partial charge in [-0.05, 0) is 32.0 Å². The van der Waals surface area contributed by atoms with Crippen molar-refractivity contribution in [3.8, 4) is 5.75 Å². The number of carbonyl (C=O) groups is 3. The van der Waals surface area contributed by atoms with Gasteiger partial charge in [0.05, 0.1) is 19.1 Å². The molecule has 0 bridgehead atoms. The Morgan fingerprint density at radius 1 is 1.28 bits per heavy atom. The maximum Gasteiger partial charge on any atom is 0.490 e. The fourth-order valence-corrected chi connectivity index (χ4v) is 3.40. The summed E-state index contributed by atoms with van der Waals surface area (Å²) in [6, 6.07) is 3.44. The van der Waals surface area contributed by atoms with E-state index in [9.17, 15) is 27.2 Å². The first-order chi connectivity index (χ1) is 14.9. The van der Waals surface area contributed by atoms with Gasteiger partial charge < -0.3 is 30.5 Å². The number of aliphatic carboxylic acids is 1. The molecule has 2 fully saturated rings. The van der Waals surface area contributed by atoms with Crippen molar-refractivity contribution in [1.29, 1.82) is 0 Å². The molecule has 2 amide bonds. The van der Waals surface area contributed by atoms with Gasteiger partial charge in [0.2, 0.25) is 0 Å². The smallest absolute Gasteiger partial charge is 0.490 e. The van der Waals surface area contributed by atoms with Crippen molar-refractivity contribution in [2.75, 3.05) is 32.1 Å². The number of hydrogen-bond acceptors (Lipinski definition) is 6. The first-order valence-electron chi connectivity index (χ1n) is 9.56. The van der Waals surface area contributed by atoms with E-state index >= 15 is 0 Å². The van der Waals surface area contributed by atoms with Crippen LogP contribution in [0.3, 0.4) is 0 Å². The van der Waals surface area contributed by atoms with E-state index < -0.39 is 29.4 Å². The Morgan fingerprint density at radius 2 is 1.91 bits per heavy atom. The Bertz CT molecular complexity index is 843. The Morgan fingerprint density at radius 3 is 2.47 bits per heavy atom. The number of alkyl halides is 3. The van der Waals surface area contributed by atoms with Crippen molar-refractivity contribution >= 4 is 23.7 Å². The summed E-state index contributed by atoms with van der Waals surface area (Å²) < 4.78 is 55.5. The molecule has 2 saturated heterocycles. The van der Waals surface area contributed by atoms with Gasteiger partial charge >= 0.3 is 24.1 Å². The predicted molar refractivity (Wildman–Crippen MR) is 103 cm³/mol. The number of amides is 2. The fraction of sp³-hybridized carbons (Fsp3) is 0.526. The van der Waals surface area contributed by atoms with Crippen LogP contribution in [-0.4, -0.2) is 62.1 Å². The molecule has 0 aromatic heterocycles. The molecule has 1 atom stereocenters. The van der Waals surface area contributed by atoms with Crippen LogP contribution >= 0.6 is 0 Å². The number of carbonyl (C=O) groups excluding carboxylic acids is 2. The Hall–Kier alpha value is -3.09. The number of nitrogens with one attached hydrogen (secondary N) is 3. The molecular formula is C19H23F4N3O6. The Labute approximate surface area is 180 Å². The van der Waals surface area contributed by atoms with E-state index in [-0.39, 0.29) is 24.3 Å². The molecule has 4 N–H and O–H groups in total. The van der Waals surface area contributed by atoms with E-state index in [0.717, 1.165) is 25.9 Å². The minimum atomic E-state index is -5.08. The standard InChI is InChI=1S/C17H22FN3O4.C2HF3O2/c1-24-13-7-11(18)6-12(8-13)21-16(23)20-10-14-9-17(15(22)25-14)2-4-19-5-3-17;3-2(4,5)1(6)7/h6-8,14,19H,2-5,9-10H2,1H3,(H2,20,21,23);(H,6,7). The number of methoxy groups -OCH3 is 1. The average Bonchev–Trinajstić information content (AvgIpc) is 3.01. The van der Waals surface area contributed by atoms with E-state index in [0.29, 0.717) is 12.2 Å². The molecule has 1 aromatic carbocycles. The molecule has 2 heterocycles. The second-order valence-electron chi connectivity index (χ2n) is 7.28. The molecule has 0 saturated carbocycles. The van der Waals surface area contributed by atoms with Crippen molar-refractivity contribution in [2.45, 2.75) is 31.5 Å². The van der Waals surface area contributed by atoms with Gasteiger partial charge in [-0.15, -0.1) is 0 Å². The lowest BCUT2D eigenvalue weighted by molar-refractivity contribution is -0.192. The summed E-state index contributed by atoms with van der Waals surface area (Å²) in [5.41, 5.74) is -0.128. The zero-order valence-electron chi connectivity index (χ0n) is 17.1. The third-order valence-electron chi connectivity index (χ3n) is 4.98. The van der Waals surface area contributed by atoms with Crippen LogP contribution < -0.4 is 20.7 Å². The highest BCUT2D eigenvalue weighted by Crippen LogP contribution is 2.41. The number of carboxylic acids is 1. The van der Waals surface area contributed by atoms with Gasteiger partial charge in [0.15, 0.2) is 0 Å². The maximum absolute atomic E-state index is 13.4. The first kappa shape index (κ1) is 25.2. The van der Waals surface area contributed by atoms with Gasteiger partial charge in [0.25, 0.3) is 0 Å². The van der Waals surface area contributed by atoms with Gasteiger partial charge in [-0.3, -0.25) is 4.79 Å². The van der Waals surface area contributed by atoms with Crippen molar-refractivity contribution in [2.24, 2.45) is 5.41 Å². The third-order valence-corrected chi connectivity index (χ3v) is 4.98. The van der Waals surface area contributed by atoms with E-state index in [1.54, 1.807) is 0 Å². The second-order valence-corrected chi connectivity index (χ2v) is 7.28. The summed E-state index contributed by atoms with van der Waals surface area (Å²) >= 11 is 0. The normalized spacial score (nSPS) is 19.4. The lowest BCUT2D eigenvalue weighted by Crippen LogP contribution is -2.40. The summed E-state index contributed by atoms with van der Waals surface area (Å²) in [5.74, 6) is -3.12. The maximum atomic E-state index is 13.4. The molecule has 0 aliphatic carbocycles. The van der Waals surface area contributed by atoms with Crippen LogP contribution in [0.5, 0.6) is 5.75 Å². The van der Waals surface area contributed by atoms with Crippen LogP contribution in [0, 0.1) is 11.2 Å². The summed E-state index contributed by atoms with van der Waals surface area (Å²) in [5, 5.41) is 15.6. The number of benzene rings is 1.